The zero-order valence-electron chi connectivity index (χ0n) is 9.01. The van der Waals surface area contributed by atoms with Crippen molar-refractivity contribution in [1.82, 2.24) is 10.6 Å². The van der Waals surface area contributed by atoms with Gasteiger partial charge in [-0.1, -0.05) is 6.92 Å². The van der Waals surface area contributed by atoms with Crippen LogP contribution in [0.4, 0.5) is 0 Å². The highest BCUT2D eigenvalue weighted by Gasteiger charge is 2.28. The van der Waals surface area contributed by atoms with Crippen molar-refractivity contribution in [3.63, 3.8) is 0 Å². The fourth-order valence-corrected chi connectivity index (χ4v) is 1.43. The molecular formula is C10H20N2O2. The van der Waals surface area contributed by atoms with E-state index in [0.29, 0.717) is 25.7 Å². The Morgan fingerprint density at radius 1 is 1.64 bits per heavy atom. The van der Waals surface area contributed by atoms with Gasteiger partial charge in [-0.25, -0.2) is 0 Å². The molecule has 1 amide bonds. The summed E-state index contributed by atoms with van der Waals surface area (Å²) in [7, 11) is 0. The summed E-state index contributed by atoms with van der Waals surface area (Å²) in [5.74, 6) is 0.788. The summed E-state index contributed by atoms with van der Waals surface area (Å²) in [6.45, 7) is 7.82. The predicted molar refractivity (Wildman–Crippen MR) is 55.0 cm³/mol. The fourth-order valence-electron chi connectivity index (χ4n) is 1.43. The first kappa shape index (κ1) is 11.5. The lowest BCUT2D eigenvalue weighted by atomic mass is 9.88. The number of hydrogen-bond donors (Lipinski definition) is 2. The molecule has 1 aliphatic heterocycles. The van der Waals surface area contributed by atoms with Gasteiger partial charge < -0.3 is 15.4 Å². The second-order valence-corrected chi connectivity index (χ2v) is 3.69. The predicted octanol–water partition coefficient (Wildman–Crippen LogP) is -0.00540. The average molecular weight is 200 g/mol. The summed E-state index contributed by atoms with van der Waals surface area (Å²) in [6.07, 6.45) is 0. The molecule has 0 aromatic rings. The molecule has 1 heterocycles. The molecule has 0 aromatic carbocycles. The van der Waals surface area contributed by atoms with Crippen molar-refractivity contribution in [2.45, 2.75) is 13.8 Å². The molecule has 2 N–H and O–H groups in total. The van der Waals surface area contributed by atoms with E-state index in [4.69, 9.17) is 4.74 Å². The molecule has 1 fully saturated rings. The first-order valence-corrected chi connectivity index (χ1v) is 5.32. The van der Waals surface area contributed by atoms with Gasteiger partial charge in [-0.2, -0.15) is 0 Å². The van der Waals surface area contributed by atoms with Crippen molar-refractivity contribution in [2.75, 3.05) is 32.8 Å². The number of nitrogens with one attached hydrogen (secondary N) is 2. The van der Waals surface area contributed by atoms with E-state index in [1.54, 1.807) is 0 Å². The molecule has 1 unspecified atom stereocenters. The monoisotopic (exact) mass is 200 g/mol. The standard InChI is InChI=1S/C10H20N2O2/c1-3-14-5-4-12-10(13)8(2)9-6-11-7-9/h8-9,11H,3-7H2,1-2H3,(H,12,13). The number of carbonyl (C=O) groups excluding carboxylic acids is 1. The summed E-state index contributed by atoms with van der Waals surface area (Å²) in [6, 6.07) is 0. The maximum Gasteiger partial charge on any atom is 0.223 e. The zero-order valence-corrected chi connectivity index (χ0v) is 9.01. The Morgan fingerprint density at radius 2 is 2.36 bits per heavy atom. The third kappa shape index (κ3) is 3.27. The Kier molecular flexibility index (Phi) is 4.90. The van der Waals surface area contributed by atoms with Crippen LogP contribution >= 0.6 is 0 Å². The van der Waals surface area contributed by atoms with Crippen LogP contribution in [-0.2, 0) is 9.53 Å². The molecule has 1 atom stereocenters. The number of rotatable bonds is 6. The van der Waals surface area contributed by atoms with Crippen LogP contribution in [0.3, 0.4) is 0 Å². The summed E-state index contributed by atoms with van der Waals surface area (Å²) >= 11 is 0. The van der Waals surface area contributed by atoms with Gasteiger partial charge in [0.05, 0.1) is 6.61 Å². The molecule has 4 heteroatoms. The van der Waals surface area contributed by atoms with E-state index in [1.807, 2.05) is 13.8 Å². The summed E-state index contributed by atoms with van der Waals surface area (Å²) in [5.41, 5.74) is 0. The van der Waals surface area contributed by atoms with Crippen molar-refractivity contribution in [2.24, 2.45) is 11.8 Å². The van der Waals surface area contributed by atoms with Crippen LogP contribution in [0.5, 0.6) is 0 Å². The topological polar surface area (TPSA) is 50.4 Å². The van der Waals surface area contributed by atoms with Crippen LogP contribution in [0.1, 0.15) is 13.8 Å². The molecule has 0 spiro atoms. The van der Waals surface area contributed by atoms with Crippen LogP contribution in [0.15, 0.2) is 0 Å². The number of hydrogen-bond acceptors (Lipinski definition) is 3. The van der Waals surface area contributed by atoms with Gasteiger partial charge in [0.1, 0.15) is 0 Å². The van der Waals surface area contributed by atoms with E-state index >= 15 is 0 Å². The van der Waals surface area contributed by atoms with Gasteiger partial charge >= 0.3 is 0 Å². The zero-order chi connectivity index (χ0) is 10.4. The normalized spacial score (nSPS) is 18.7. The van der Waals surface area contributed by atoms with Gasteiger partial charge in [0.2, 0.25) is 5.91 Å². The largest absolute Gasteiger partial charge is 0.380 e. The molecule has 82 valence electrons. The second kappa shape index (κ2) is 5.98. The smallest absolute Gasteiger partial charge is 0.223 e. The van der Waals surface area contributed by atoms with Gasteiger partial charge in [0.15, 0.2) is 0 Å². The third-order valence-corrected chi connectivity index (χ3v) is 2.68. The van der Waals surface area contributed by atoms with Gasteiger partial charge in [0, 0.05) is 19.1 Å². The number of ether oxygens (including phenoxy) is 1. The van der Waals surface area contributed by atoms with Gasteiger partial charge in [-0.05, 0) is 25.9 Å². The van der Waals surface area contributed by atoms with Crippen molar-refractivity contribution in [3.05, 3.63) is 0 Å². The second-order valence-electron chi connectivity index (χ2n) is 3.69. The first-order chi connectivity index (χ1) is 6.75. The Labute approximate surface area is 85.4 Å². The summed E-state index contributed by atoms with van der Waals surface area (Å²) in [5, 5.41) is 6.04. The Bertz CT molecular complexity index is 181. The molecule has 1 saturated heterocycles. The van der Waals surface area contributed by atoms with Crippen molar-refractivity contribution < 1.29 is 9.53 Å². The summed E-state index contributed by atoms with van der Waals surface area (Å²) < 4.78 is 5.14. The van der Waals surface area contributed by atoms with E-state index < -0.39 is 0 Å². The highest BCUT2D eigenvalue weighted by molar-refractivity contribution is 5.78. The molecule has 1 rings (SSSR count). The highest BCUT2D eigenvalue weighted by Crippen LogP contribution is 2.15. The van der Waals surface area contributed by atoms with Crippen LogP contribution in [0.2, 0.25) is 0 Å². The minimum absolute atomic E-state index is 0.123. The van der Waals surface area contributed by atoms with Crippen LogP contribution in [0, 0.1) is 11.8 Å². The fraction of sp³-hybridized carbons (Fsp3) is 0.900. The quantitative estimate of drug-likeness (QED) is 0.593. The molecule has 4 nitrogen and oxygen atoms in total. The molecule has 0 radical (unpaired) electrons. The third-order valence-electron chi connectivity index (χ3n) is 2.68. The van der Waals surface area contributed by atoms with Gasteiger partial charge in [-0.3, -0.25) is 4.79 Å². The molecule has 1 aliphatic rings. The van der Waals surface area contributed by atoms with E-state index in [2.05, 4.69) is 10.6 Å². The van der Waals surface area contributed by atoms with Gasteiger partial charge in [0.25, 0.3) is 0 Å². The molecule has 14 heavy (non-hydrogen) atoms. The Hall–Kier alpha value is -0.610. The Balaban J connectivity index is 2.07. The lowest BCUT2D eigenvalue weighted by molar-refractivity contribution is -0.126. The van der Waals surface area contributed by atoms with E-state index in [0.717, 1.165) is 13.1 Å². The van der Waals surface area contributed by atoms with Crippen LogP contribution in [0.25, 0.3) is 0 Å². The molecule has 0 aromatic heterocycles. The summed E-state index contributed by atoms with van der Waals surface area (Å²) in [4.78, 5) is 11.5. The number of amides is 1. The lowest BCUT2D eigenvalue weighted by Gasteiger charge is -2.31. The van der Waals surface area contributed by atoms with Crippen molar-refractivity contribution in [1.29, 1.82) is 0 Å². The molecule has 0 saturated carbocycles. The first-order valence-electron chi connectivity index (χ1n) is 5.32. The molecule has 0 aliphatic carbocycles. The van der Waals surface area contributed by atoms with Crippen molar-refractivity contribution in [3.8, 4) is 0 Å². The SMILES string of the molecule is CCOCCNC(=O)C(C)C1CNC1. The van der Waals surface area contributed by atoms with Crippen molar-refractivity contribution >= 4 is 5.91 Å². The molecular weight excluding hydrogens is 180 g/mol. The van der Waals surface area contributed by atoms with Gasteiger partial charge in [-0.15, -0.1) is 0 Å². The highest BCUT2D eigenvalue weighted by atomic mass is 16.5. The van der Waals surface area contributed by atoms with E-state index in [-0.39, 0.29) is 11.8 Å². The van der Waals surface area contributed by atoms with E-state index in [9.17, 15) is 4.79 Å². The maximum atomic E-state index is 11.5. The van der Waals surface area contributed by atoms with Crippen LogP contribution < -0.4 is 10.6 Å². The Morgan fingerprint density at radius 3 is 2.86 bits per heavy atom. The minimum Gasteiger partial charge on any atom is -0.380 e. The van der Waals surface area contributed by atoms with Crippen LogP contribution in [-0.4, -0.2) is 38.8 Å². The molecule has 0 bridgehead atoms. The maximum absolute atomic E-state index is 11.5. The minimum atomic E-state index is 0.123. The lowest BCUT2D eigenvalue weighted by Crippen LogP contribution is -2.49. The number of carbonyl (C=O) groups is 1. The average Bonchev–Trinajstić information content (AvgIpc) is 2.09. The van der Waals surface area contributed by atoms with E-state index in [1.165, 1.54) is 0 Å².